The van der Waals surface area contributed by atoms with Gasteiger partial charge >= 0.3 is 0 Å². The molecule has 4 rings (SSSR count). The fraction of sp³-hybridized carbons (Fsp3) is 0.158. The first-order chi connectivity index (χ1) is 12.5. The molecular weight excluding hydrogens is 369 g/mol. The predicted molar refractivity (Wildman–Crippen MR) is 105 cm³/mol. The number of aliphatic imine (C=N–C) groups is 1. The van der Waals surface area contributed by atoms with Gasteiger partial charge in [-0.2, -0.15) is 10.2 Å². The monoisotopic (exact) mass is 383 g/mol. The van der Waals surface area contributed by atoms with E-state index in [4.69, 9.17) is 28.3 Å². The van der Waals surface area contributed by atoms with Crippen LogP contribution in [-0.4, -0.2) is 22.3 Å². The van der Waals surface area contributed by atoms with E-state index < -0.39 is 0 Å². The summed E-state index contributed by atoms with van der Waals surface area (Å²) in [5.41, 5.74) is 5.59. The van der Waals surface area contributed by atoms with Crippen LogP contribution in [0.3, 0.4) is 0 Å². The summed E-state index contributed by atoms with van der Waals surface area (Å²) < 4.78 is 1.82. The number of hydrogen-bond donors (Lipinski definition) is 0. The standard InChI is InChI=1S/C19H15Cl2N5/c1-11-3-5-13(6-4-11)18-12(2)17(19-22-10-23-24-19)25-26(18)16-8-7-14(20)9-15(16)21/h3-9H,10H2,1-2H3. The van der Waals surface area contributed by atoms with Crippen LogP contribution in [-0.2, 0) is 0 Å². The first-order valence-corrected chi connectivity index (χ1v) is 8.84. The summed E-state index contributed by atoms with van der Waals surface area (Å²) in [5, 5.41) is 13.9. The molecule has 1 aliphatic rings. The maximum atomic E-state index is 6.45. The fourth-order valence-electron chi connectivity index (χ4n) is 2.94. The van der Waals surface area contributed by atoms with Crippen LogP contribution in [0.5, 0.6) is 0 Å². The quantitative estimate of drug-likeness (QED) is 0.577. The van der Waals surface area contributed by atoms with E-state index in [0.29, 0.717) is 28.2 Å². The highest BCUT2D eigenvalue weighted by Crippen LogP contribution is 2.33. The third kappa shape index (κ3) is 2.93. The van der Waals surface area contributed by atoms with Gasteiger partial charge in [0.15, 0.2) is 12.5 Å². The van der Waals surface area contributed by atoms with E-state index in [2.05, 4.69) is 46.4 Å². The molecule has 0 aliphatic carbocycles. The highest BCUT2D eigenvalue weighted by atomic mass is 35.5. The molecule has 3 aromatic rings. The van der Waals surface area contributed by atoms with Crippen molar-refractivity contribution >= 4 is 29.0 Å². The summed E-state index contributed by atoms with van der Waals surface area (Å²) in [6.07, 6.45) is 0. The zero-order valence-corrected chi connectivity index (χ0v) is 15.8. The van der Waals surface area contributed by atoms with Crippen LogP contribution in [0.1, 0.15) is 16.8 Å². The molecule has 0 saturated carbocycles. The van der Waals surface area contributed by atoms with Crippen LogP contribution in [0.4, 0.5) is 0 Å². The lowest BCUT2D eigenvalue weighted by atomic mass is 10.0. The molecule has 0 radical (unpaired) electrons. The number of benzene rings is 2. The highest BCUT2D eigenvalue weighted by molar-refractivity contribution is 6.35. The average Bonchev–Trinajstić information content (AvgIpc) is 3.24. The number of halogens is 2. The van der Waals surface area contributed by atoms with Crippen LogP contribution in [0, 0.1) is 13.8 Å². The van der Waals surface area contributed by atoms with Gasteiger partial charge in [-0.1, -0.05) is 53.0 Å². The Morgan fingerprint density at radius 3 is 2.42 bits per heavy atom. The van der Waals surface area contributed by atoms with E-state index >= 15 is 0 Å². The van der Waals surface area contributed by atoms with Gasteiger partial charge in [0.1, 0.15) is 5.69 Å². The maximum absolute atomic E-state index is 6.45. The topological polar surface area (TPSA) is 54.9 Å². The van der Waals surface area contributed by atoms with Crippen LogP contribution in [0.25, 0.3) is 16.9 Å². The first kappa shape index (κ1) is 16.9. The van der Waals surface area contributed by atoms with Crippen molar-refractivity contribution in [3.63, 3.8) is 0 Å². The van der Waals surface area contributed by atoms with Crippen molar-refractivity contribution in [2.75, 3.05) is 6.67 Å². The molecular formula is C19H15Cl2N5. The average molecular weight is 384 g/mol. The summed E-state index contributed by atoms with van der Waals surface area (Å²) in [4.78, 5) is 4.31. The summed E-state index contributed by atoms with van der Waals surface area (Å²) in [6.45, 7) is 4.40. The van der Waals surface area contributed by atoms with Crippen molar-refractivity contribution < 1.29 is 0 Å². The Hall–Kier alpha value is -2.50. The van der Waals surface area contributed by atoms with E-state index in [0.717, 1.165) is 22.5 Å². The van der Waals surface area contributed by atoms with Crippen molar-refractivity contribution in [1.82, 2.24) is 9.78 Å². The lowest BCUT2D eigenvalue weighted by molar-refractivity contribution is 0.882. The molecule has 0 unspecified atom stereocenters. The zero-order chi connectivity index (χ0) is 18.3. The minimum absolute atomic E-state index is 0.337. The molecule has 0 spiro atoms. The molecule has 2 aromatic carbocycles. The van der Waals surface area contributed by atoms with Crippen molar-refractivity contribution in [3.05, 3.63) is 69.3 Å². The van der Waals surface area contributed by atoms with Crippen LogP contribution < -0.4 is 0 Å². The number of nitrogens with zero attached hydrogens (tertiary/aromatic N) is 5. The van der Waals surface area contributed by atoms with E-state index in [1.807, 2.05) is 17.7 Å². The molecule has 0 amide bonds. The van der Waals surface area contributed by atoms with Gasteiger partial charge in [0, 0.05) is 16.1 Å². The number of aromatic nitrogens is 2. The molecule has 1 aromatic heterocycles. The Labute approximate surface area is 161 Å². The summed E-state index contributed by atoms with van der Waals surface area (Å²) in [5.74, 6) is 0.541. The molecule has 5 nitrogen and oxygen atoms in total. The molecule has 0 fully saturated rings. The van der Waals surface area contributed by atoms with E-state index in [1.165, 1.54) is 5.56 Å². The maximum Gasteiger partial charge on any atom is 0.199 e. The Kier molecular flexibility index (Phi) is 4.34. The molecule has 0 bridgehead atoms. The van der Waals surface area contributed by atoms with Gasteiger partial charge in [0.05, 0.1) is 16.4 Å². The minimum Gasteiger partial charge on any atom is -0.237 e. The van der Waals surface area contributed by atoms with Crippen molar-refractivity contribution in [3.8, 4) is 16.9 Å². The number of rotatable bonds is 3. The van der Waals surface area contributed by atoms with Gasteiger partial charge in [-0.15, -0.1) is 5.11 Å². The van der Waals surface area contributed by atoms with Crippen LogP contribution in [0.15, 0.2) is 57.7 Å². The van der Waals surface area contributed by atoms with Gasteiger partial charge < -0.3 is 0 Å². The van der Waals surface area contributed by atoms with Crippen molar-refractivity contribution in [2.24, 2.45) is 15.2 Å². The van der Waals surface area contributed by atoms with Gasteiger partial charge in [0.25, 0.3) is 0 Å². The van der Waals surface area contributed by atoms with Crippen molar-refractivity contribution in [1.29, 1.82) is 0 Å². The van der Waals surface area contributed by atoms with E-state index in [1.54, 1.807) is 12.1 Å². The lowest BCUT2D eigenvalue weighted by Crippen LogP contribution is -2.02. The SMILES string of the molecule is Cc1ccc(-c2c(C)c(C3=NCN=N3)nn2-c2ccc(Cl)cc2Cl)cc1. The smallest absolute Gasteiger partial charge is 0.199 e. The molecule has 0 saturated heterocycles. The number of hydrogen-bond acceptors (Lipinski definition) is 4. The van der Waals surface area contributed by atoms with Crippen molar-refractivity contribution in [2.45, 2.75) is 13.8 Å². The van der Waals surface area contributed by atoms with E-state index in [9.17, 15) is 0 Å². The second-order valence-electron chi connectivity index (χ2n) is 6.06. The van der Waals surface area contributed by atoms with Gasteiger partial charge in [0.2, 0.25) is 0 Å². The fourth-order valence-corrected chi connectivity index (χ4v) is 3.43. The number of amidine groups is 1. The van der Waals surface area contributed by atoms with Crippen LogP contribution >= 0.6 is 23.2 Å². The highest BCUT2D eigenvalue weighted by Gasteiger charge is 2.23. The Bertz CT molecular complexity index is 1050. The third-order valence-corrected chi connectivity index (χ3v) is 4.78. The lowest BCUT2D eigenvalue weighted by Gasteiger charge is -2.11. The first-order valence-electron chi connectivity index (χ1n) is 8.09. The minimum atomic E-state index is 0.337. The molecule has 7 heteroatoms. The zero-order valence-electron chi connectivity index (χ0n) is 14.2. The predicted octanol–water partition coefficient (Wildman–Crippen LogP) is 5.63. The summed E-state index contributed by atoms with van der Waals surface area (Å²) in [7, 11) is 0. The second kappa shape index (κ2) is 6.67. The second-order valence-corrected chi connectivity index (χ2v) is 6.90. The number of aryl methyl sites for hydroxylation is 1. The molecule has 130 valence electrons. The molecule has 2 heterocycles. The third-order valence-electron chi connectivity index (χ3n) is 4.25. The Morgan fingerprint density at radius 2 is 1.77 bits per heavy atom. The Morgan fingerprint density at radius 1 is 1.00 bits per heavy atom. The van der Waals surface area contributed by atoms with Gasteiger partial charge in [-0.05, 0) is 32.0 Å². The largest absolute Gasteiger partial charge is 0.237 e. The molecule has 26 heavy (non-hydrogen) atoms. The number of azo groups is 1. The molecule has 1 aliphatic heterocycles. The van der Waals surface area contributed by atoms with Crippen LogP contribution in [0.2, 0.25) is 10.0 Å². The van der Waals surface area contributed by atoms with Gasteiger partial charge in [-0.25, -0.2) is 9.67 Å². The van der Waals surface area contributed by atoms with Gasteiger partial charge in [-0.3, -0.25) is 0 Å². The molecule has 0 atom stereocenters. The molecule has 0 N–H and O–H groups in total. The Balaban J connectivity index is 1.98. The van der Waals surface area contributed by atoms with E-state index in [-0.39, 0.29) is 0 Å². The summed E-state index contributed by atoms with van der Waals surface area (Å²) in [6, 6.07) is 13.6. The summed E-state index contributed by atoms with van der Waals surface area (Å²) >= 11 is 12.5. The normalized spacial score (nSPS) is 13.3.